The lowest BCUT2D eigenvalue weighted by Crippen LogP contribution is -2.31. The molecule has 0 amide bonds. The SMILES string of the molecule is C/C=C(OCCN(C)C)/C(C#N)=C(/C)C1=C(C)CN(c2cncc3ccccc23)CC1. The van der Waals surface area contributed by atoms with Crippen LogP contribution in [0, 0.1) is 11.3 Å². The summed E-state index contributed by atoms with van der Waals surface area (Å²) in [6.45, 7) is 9.23. The van der Waals surface area contributed by atoms with Crippen LogP contribution in [0.15, 0.2) is 70.8 Å². The van der Waals surface area contributed by atoms with Crippen LogP contribution in [-0.4, -0.2) is 50.2 Å². The minimum atomic E-state index is 0.561. The fourth-order valence-electron chi connectivity index (χ4n) is 4.10. The van der Waals surface area contributed by atoms with Gasteiger partial charge in [-0.3, -0.25) is 4.98 Å². The third-order valence-corrected chi connectivity index (χ3v) is 5.81. The summed E-state index contributed by atoms with van der Waals surface area (Å²) in [5, 5.41) is 12.3. The zero-order chi connectivity index (χ0) is 22.4. The molecule has 1 aliphatic rings. The van der Waals surface area contributed by atoms with Crippen LogP contribution in [0.25, 0.3) is 10.8 Å². The van der Waals surface area contributed by atoms with Gasteiger partial charge in [0.25, 0.3) is 0 Å². The zero-order valence-electron chi connectivity index (χ0n) is 19.3. The number of hydrogen-bond acceptors (Lipinski definition) is 5. The minimum absolute atomic E-state index is 0.561. The molecule has 1 aliphatic heterocycles. The van der Waals surface area contributed by atoms with Crippen molar-refractivity contribution >= 4 is 16.5 Å². The fourth-order valence-corrected chi connectivity index (χ4v) is 4.10. The predicted molar refractivity (Wildman–Crippen MR) is 128 cm³/mol. The van der Waals surface area contributed by atoms with E-state index in [2.05, 4.69) is 46.0 Å². The number of fused-ring (bicyclic) bond motifs is 1. The van der Waals surface area contributed by atoms with Crippen LogP contribution < -0.4 is 4.90 Å². The molecule has 0 fully saturated rings. The van der Waals surface area contributed by atoms with Crippen LogP contribution in [0.2, 0.25) is 0 Å². The van der Waals surface area contributed by atoms with Crippen molar-refractivity contribution < 1.29 is 4.74 Å². The number of nitriles is 1. The molecule has 0 aliphatic carbocycles. The van der Waals surface area contributed by atoms with Gasteiger partial charge >= 0.3 is 0 Å². The molecule has 162 valence electrons. The first-order valence-electron chi connectivity index (χ1n) is 10.8. The molecule has 3 rings (SSSR count). The van der Waals surface area contributed by atoms with Crippen molar-refractivity contribution in [1.29, 1.82) is 5.26 Å². The Morgan fingerprint density at radius 3 is 2.74 bits per heavy atom. The number of pyridine rings is 1. The van der Waals surface area contributed by atoms with E-state index in [0.717, 1.165) is 37.0 Å². The van der Waals surface area contributed by atoms with Crippen molar-refractivity contribution in [3.8, 4) is 6.07 Å². The maximum Gasteiger partial charge on any atom is 0.133 e. The number of hydrogen-bond donors (Lipinski definition) is 0. The average Bonchev–Trinajstić information content (AvgIpc) is 2.77. The Kier molecular flexibility index (Phi) is 7.49. The molecule has 2 aromatic rings. The van der Waals surface area contributed by atoms with Gasteiger partial charge in [0, 0.05) is 36.6 Å². The molecule has 0 spiro atoms. The molecule has 1 aromatic heterocycles. The highest BCUT2D eigenvalue weighted by Crippen LogP contribution is 2.33. The molecule has 1 aromatic carbocycles. The van der Waals surface area contributed by atoms with E-state index in [4.69, 9.17) is 4.74 Å². The quantitative estimate of drug-likeness (QED) is 0.358. The van der Waals surface area contributed by atoms with Crippen LogP contribution in [-0.2, 0) is 4.74 Å². The van der Waals surface area contributed by atoms with Crippen molar-refractivity contribution in [3.63, 3.8) is 0 Å². The predicted octanol–water partition coefficient (Wildman–Crippen LogP) is 5.08. The Bertz CT molecular complexity index is 1070. The standard InChI is InChI=1S/C26H32N4O/c1-6-26(31-14-13-29(4)5)24(15-27)20(3)22-11-12-30(18-19(22)2)25-17-28-16-21-9-7-8-10-23(21)25/h6-10,16-17H,11-14,18H2,1-5H3/b24-20-,26-6-. The Hall–Kier alpha value is -3.10. The monoisotopic (exact) mass is 416 g/mol. The molecule has 0 N–H and O–H groups in total. The van der Waals surface area contributed by atoms with Gasteiger partial charge < -0.3 is 14.5 Å². The second kappa shape index (κ2) is 10.3. The van der Waals surface area contributed by atoms with Gasteiger partial charge in [-0.05, 0) is 58.5 Å². The number of rotatable bonds is 7. The van der Waals surface area contributed by atoms with Crippen LogP contribution in [0.1, 0.15) is 27.2 Å². The van der Waals surface area contributed by atoms with Gasteiger partial charge in [0.05, 0.1) is 17.5 Å². The Morgan fingerprint density at radius 1 is 1.29 bits per heavy atom. The summed E-state index contributed by atoms with van der Waals surface area (Å²) in [4.78, 5) is 8.90. The zero-order valence-corrected chi connectivity index (χ0v) is 19.3. The summed E-state index contributed by atoms with van der Waals surface area (Å²) < 4.78 is 5.94. The molecule has 0 saturated heterocycles. The lowest BCUT2D eigenvalue weighted by Gasteiger charge is -2.32. The van der Waals surface area contributed by atoms with E-state index in [1.54, 1.807) is 0 Å². The van der Waals surface area contributed by atoms with Crippen LogP contribution in [0.5, 0.6) is 0 Å². The van der Waals surface area contributed by atoms with Crippen LogP contribution in [0.3, 0.4) is 0 Å². The molecular formula is C26H32N4O. The number of nitrogens with zero attached hydrogens (tertiary/aromatic N) is 4. The van der Waals surface area contributed by atoms with Crippen LogP contribution >= 0.6 is 0 Å². The van der Waals surface area contributed by atoms with E-state index in [-0.39, 0.29) is 0 Å². The van der Waals surface area contributed by atoms with Gasteiger partial charge in [-0.25, -0.2) is 0 Å². The third kappa shape index (κ3) is 5.15. The van der Waals surface area contributed by atoms with Gasteiger partial charge in [-0.15, -0.1) is 0 Å². The summed E-state index contributed by atoms with van der Waals surface area (Å²) in [5.74, 6) is 0.669. The first-order chi connectivity index (χ1) is 15.0. The largest absolute Gasteiger partial charge is 0.491 e. The molecule has 31 heavy (non-hydrogen) atoms. The van der Waals surface area contributed by atoms with Crippen molar-refractivity contribution in [3.05, 3.63) is 70.8 Å². The summed E-state index contributed by atoms with van der Waals surface area (Å²) >= 11 is 0. The highest BCUT2D eigenvalue weighted by molar-refractivity contribution is 5.93. The maximum atomic E-state index is 9.89. The summed E-state index contributed by atoms with van der Waals surface area (Å²) in [5.41, 5.74) is 5.37. The highest BCUT2D eigenvalue weighted by atomic mass is 16.5. The number of aromatic nitrogens is 1. The lowest BCUT2D eigenvalue weighted by atomic mass is 9.91. The molecule has 0 unspecified atom stereocenters. The van der Waals surface area contributed by atoms with Gasteiger partial charge in [0.2, 0.25) is 0 Å². The molecule has 0 radical (unpaired) electrons. The van der Waals surface area contributed by atoms with E-state index in [1.807, 2.05) is 52.5 Å². The van der Waals surface area contributed by atoms with E-state index in [0.29, 0.717) is 17.9 Å². The number of benzene rings is 1. The lowest BCUT2D eigenvalue weighted by molar-refractivity contribution is 0.190. The second-order valence-electron chi connectivity index (χ2n) is 8.23. The molecule has 0 bridgehead atoms. The van der Waals surface area contributed by atoms with E-state index < -0.39 is 0 Å². The average molecular weight is 417 g/mol. The summed E-state index contributed by atoms with van der Waals surface area (Å²) in [7, 11) is 4.02. The van der Waals surface area contributed by atoms with E-state index >= 15 is 0 Å². The number of likely N-dealkylation sites (N-methyl/N-ethyl adjacent to an activating group) is 1. The number of anilines is 1. The molecule has 5 heteroatoms. The van der Waals surface area contributed by atoms with Gasteiger partial charge in [0.1, 0.15) is 18.4 Å². The van der Waals surface area contributed by atoms with Gasteiger partial charge in [-0.1, -0.05) is 29.8 Å². The Balaban J connectivity index is 1.86. The molecule has 0 atom stereocenters. The van der Waals surface area contributed by atoms with E-state index in [1.165, 1.54) is 22.2 Å². The fraction of sp³-hybridized carbons (Fsp3) is 0.385. The Morgan fingerprint density at radius 2 is 2.06 bits per heavy atom. The van der Waals surface area contributed by atoms with Gasteiger partial charge in [-0.2, -0.15) is 5.26 Å². The van der Waals surface area contributed by atoms with Crippen molar-refractivity contribution in [2.75, 3.05) is 45.2 Å². The highest BCUT2D eigenvalue weighted by Gasteiger charge is 2.22. The number of ether oxygens (including phenoxy) is 1. The first kappa shape index (κ1) is 22.6. The molecule has 5 nitrogen and oxygen atoms in total. The Labute approximate surface area is 185 Å². The second-order valence-corrected chi connectivity index (χ2v) is 8.23. The molecule has 0 saturated carbocycles. The molecular weight excluding hydrogens is 384 g/mol. The van der Waals surface area contributed by atoms with Crippen molar-refractivity contribution in [1.82, 2.24) is 9.88 Å². The summed E-state index contributed by atoms with van der Waals surface area (Å²) in [6.07, 6.45) is 6.66. The van der Waals surface area contributed by atoms with Crippen molar-refractivity contribution in [2.45, 2.75) is 27.2 Å². The summed E-state index contributed by atoms with van der Waals surface area (Å²) in [6, 6.07) is 10.8. The normalized spacial score (nSPS) is 15.9. The van der Waals surface area contributed by atoms with Crippen LogP contribution in [0.4, 0.5) is 5.69 Å². The smallest absolute Gasteiger partial charge is 0.133 e. The minimum Gasteiger partial charge on any atom is -0.491 e. The first-order valence-corrected chi connectivity index (χ1v) is 10.8. The topological polar surface area (TPSA) is 52.4 Å². The number of allylic oxidation sites excluding steroid dienone is 3. The third-order valence-electron chi connectivity index (χ3n) is 5.81. The van der Waals surface area contributed by atoms with E-state index in [9.17, 15) is 5.26 Å². The maximum absolute atomic E-state index is 9.89. The molecule has 2 heterocycles. The van der Waals surface area contributed by atoms with Gasteiger partial charge in [0.15, 0.2) is 0 Å². The van der Waals surface area contributed by atoms with Crippen molar-refractivity contribution in [2.24, 2.45) is 0 Å².